The normalized spacial score (nSPS) is 11.2. The molecule has 0 fully saturated rings. The molecule has 5 rings (SSSR count). The van der Waals surface area contributed by atoms with Crippen molar-refractivity contribution in [3.8, 4) is 11.3 Å². The minimum Gasteiger partial charge on any atom is -0.339 e. The van der Waals surface area contributed by atoms with Crippen molar-refractivity contribution in [3.05, 3.63) is 77.7 Å². The SMILES string of the molecule is Cc1cnn2ncc(C(=O)Nc3cnc4[nH]c(-c5ccccc5)cc4c3)c(C)c12. The van der Waals surface area contributed by atoms with Crippen LogP contribution in [0.5, 0.6) is 0 Å². The number of benzene rings is 1. The molecule has 7 nitrogen and oxygen atoms in total. The molecule has 0 saturated carbocycles. The second-order valence-corrected chi connectivity index (χ2v) is 7.01. The molecule has 5 aromatic rings. The fourth-order valence-corrected chi connectivity index (χ4v) is 3.57. The van der Waals surface area contributed by atoms with Gasteiger partial charge in [-0.2, -0.15) is 14.8 Å². The van der Waals surface area contributed by atoms with Crippen LogP contribution in [0.3, 0.4) is 0 Å². The average molecular weight is 382 g/mol. The zero-order chi connectivity index (χ0) is 20.0. The summed E-state index contributed by atoms with van der Waals surface area (Å²) >= 11 is 0. The van der Waals surface area contributed by atoms with E-state index in [9.17, 15) is 4.79 Å². The van der Waals surface area contributed by atoms with Gasteiger partial charge >= 0.3 is 0 Å². The lowest BCUT2D eigenvalue weighted by molar-refractivity contribution is 0.102. The van der Waals surface area contributed by atoms with Crippen LogP contribution in [0, 0.1) is 13.8 Å². The molecule has 142 valence electrons. The summed E-state index contributed by atoms with van der Waals surface area (Å²) in [7, 11) is 0. The molecule has 0 aliphatic carbocycles. The number of pyridine rings is 1. The van der Waals surface area contributed by atoms with Gasteiger partial charge in [-0.15, -0.1) is 0 Å². The van der Waals surface area contributed by atoms with Crippen LogP contribution in [-0.4, -0.2) is 30.7 Å². The first-order valence-corrected chi connectivity index (χ1v) is 9.26. The van der Waals surface area contributed by atoms with Crippen molar-refractivity contribution in [2.75, 3.05) is 5.32 Å². The number of hydrogen-bond acceptors (Lipinski definition) is 4. The Hall–Kier alpha value is -4.00. The number of nitrogens with one attached hydrogen (secondary N) is 2. The molecule has 29 heavy (non-hydrogen) atoms. The Balaban J connectivity index is 1.46. The molecule has 0 saturated heterocycles. The van der Waals surface area contributed by atoms with E-state index < -0.39 is 0 Å². The molecule has 0 spiro atoms. The lowest BCUT2D eigenvalue weighted by Gasteiger charge is -2.08. The number of hydrogen-bond donors (Lipinski definition) is 2. The second-order valence-electron chi connectivity index (χ2n) is 7.01. The van der Waals surface area contributed by atoms with E-state index in [1.807, 2.05) is 56.3 Å². The molecule has 0 aliphatic rings. The zero-order valence-corrected chi connectivity index (χ0v) is 16.0. The van der Waals surface area contributed by atoms with Gasteiger partial charge in [0.2, 0.25) is 0 Å². The van der Waals surface area contributed by atoms with Gasteiger partial charge in [0, 0.05) is 11.1 Å². The summed E-state index contributed by atoms with van der Waals surface area (Å²) in [5, 5.41) is 12.3. The topological polar surface area (TPSA) is 88.0 Å². The standard InChI is InChI=1S/C22H18N6O/c1-13-10-24-28-20(13)14(2)18(12-25-28)22(29)26-17-8-16-9-19(27-21(16)23-11-17)15-6-4-3-5-7-15/h3-12H,1-2H3,(H,23,27)(H,26,29). The summed E-state index contributed by atoms with van der Waals surface area (Å²) in [5.41, 5.74) is 6.66. The minimum absolute atomic E-state index is 0.224. The number of anilines is 1. The summed E-state index contributed by atoms with van der Waals surface area (Å²) in [6.45, 7) is 3.85. The lowest BCUT2D eigenvalue weighted by atomic mass is 10.1. The number of aromatic amines is 1. The van der Waals surface area contributed by atoms with Gasteiger partial charge in [-0.25, -0.2) is 4.98 Å². The fourth-order valence-electron chi connectivity index (χ4n) is 3.57. The highest BCUT2D eigenvalue weighted by Crippen LogP contribution is 2.25. The van der Waals surface area contributed by atoms with E-state index in [-0.39, 0.29) is 5.91 Å². The molecule has 2 N–H and O–H groups in total. The van der Waals surface area contributed by atoms with E-state index in [2.05, 4.69) is 25.5 Å². The molecule has 0 radical (unpaired) electrons. The summed E-state index contributed by atoms with van der Waals surface area (Å²) in [6, 6.07) is 14.0. The number of H-pyrrole nitrogens is 1. The van der Waals surface area contributed by atoms with E-state index >= 15 is 0 Å². The molecule has 7 heteroatoms. The Kier molecular flexibility index (Phi) is 3.87. The second kappa shape index (κ2) is 6.56. The Bertz CT molecular complexity index is 1370. The van der Waals surface area contributed by atoms with Gasteiger partial charge in [0.25, 0.3) is 5.91 Å². The predicted molar refractivity (Wildman–Crippen MR) is 112 cm³/mol. The maximum absolute atomic E-state index is 12.9. The molecule has 4 aromatic heterocycles. The van der Waals surface area contributed by atoms with Gasteiger partial charge in [-0.05, 0) is 42.7 Å². The highest BCUT2D eigenvalue weighted by atomic mass is 16.1. The van der Waals surface area contributed by atoms with Crippen LogP contribution >= 0.6 is 0 Å². The van der Waals surface area contributed by atoms with E-state index in [4.69, 9.17) is 0 Å². The molecule has 1 amide bonds. The molecule has 0 bridgehead atoms. The van der Waals surface area contributed by atoms with Gasteiger partial charge in [0.05, 0.1) is 35.4 Å². The molecular formula is C22H18N6O. The van der Waals surface area contributed by atoms with Crippen LogP contribution in [0.1, 0.15) is 21.5 Å². The van der Waals surface area contributed by atoms with Gasteiger partial charge in [0.15, 0.2) is 0 Å². The first-order valence-electron chi connectivity index (χ1n) is 9.26. The number of rotatable bonds is 3. The van der Waals surface area contributed by atoms with Crippen LogP contribution in [0.4, 0.5) is 5.69 Å². The average Bonchev–Trinajstić information content (AvgIpc) is 3.32. The van der Waals surface area contributed by atoms with Crippen LogP contribution in [0.25, 0.3) is 27.8 Å². The van der Waals surface area contributed by atoms with Crippen molar-refractivity contribution in [2.45, 2.75) is 13.8 Å². The van der Waals surface area contributed by atoms with E-state index in [0.717, 1.165) is 38.9 Å². The maximum atomic E-state index is 12.9. The number of aryl methyl sites for hydroxylation is 2. The van der Waals surface area contributed by atoms with E-state index in [1.54, 1.807) is 23.2 Å². The first-order chi connectivity index (χ1) is 14.1. The van der Waals surface area contributed by atoms with Gasteiger partial charge in [-0.3, -0.25) is 4.79 Å². The molecular weight excluding hydrogens is 364 g/mol. The number of aromatic nitrogens is 5. The zero-order valence-electron chi connectivity index (χ0n) is 16.0. The minimum atomic E-state index is -0.224. The third kappa shape index (κ3) is 2.93. The smallest absolute Gasteiger partial charge is 0.257 e. The van der Waals surface area contributed by atoms with E-state index in [1.165, 1.54) is 0 Å². The van der Waals surface area contributed by atoms with Crippen molar-refractivity contribution in [3.63, 3.8) is 0 Å². The summed E-state index contributed by atoms with van der Waals surface area (Å²) in [6.07, 6.45) is 4.93. The van der Waals surface area contributed by atoms with Crippen molar-refractivity contribution >= 4 is 28.1 Å². The van der Waals surface area contributed by atoms with E-state index in [0.29, 0.717) is 11.3 Å². The third-order valence-electron chi connectivity index (χ3n) is 5.05. The van der Waals surface area contributed by atoms with Crippen molar-refractivity contribution < 1.29 is 4.79 Å². The van der Waals surface area contributed by atoms with Gasteiger partial charge < -0.3 is 10.3 Å². The maximum Gasteiger partial charge on any atom is 0.257 e. The molecule has 1 aromatic carbocycles. The monoisotopic (exact) mass is 382 g/mol. The Morgan fingerprint density at radius 2 is 1.83 bits per heavy atom. The van der Waals surface area contributed by atoms with Gasteiger partial charge in [0.1, 0.15) is 5.65 Å². The Labute approximate surface area is 166 Å². The largest absolute Gasteiger partial charge is 0.339 e. The summed E-state index contributed by atoms with van der Waals surface area (Å²) < 4.78 is 1.54. The van der Waals surface area contributed by atoms with Crippen molar-refractivity contribution in [1.82, 2.24) is 24.8 Å². The lowest BCUT2D eigenvalue weighted by Crippen LogP contribution is -2.15. The summed E-state index contributed by atoms with van der Waals surface area (Å²) in [5.74, 6) is -0.224. The van der Waals surface area contributed by atoms with Crippen LogP contribution in [-0.2, 0) is 0 Å². The van der Waals surface area contributed by atoms with Crippen LogP contribution < -0.4 is 5.32 Å². The Morgan fingerprint density at radius 1 is 1.03 bits per heavy atom. The fraction of sp³-hybridized carbons (Fsp3) is 0.0909. The molecule has 0 atom stereocenters. The highest BCUT2D eigenvalue weighted by molar-refractivity contribution is 6.06. The number of carbonyl (C=O) groups excluding carboxylic acids is 1. The quantitative estimate of drug-likeness (QED) is 0.491. The number of nitrogens with zero attached hydrogens (tertiary/aromatic N) is 4. The van der Waals surface area contributed by atoms with Crippen molar-refractivity contribution in [1.29, 1.82) is 0 Å². The summed E-state index contributed by atoms with van der Waals surface area (Å²) in [4.78, 5) is 20.6. The van der Waals surface area contributed by atoms with Gasteiger partial charge in [-0.1, -0.05) is 30.3 Å². The Morgan fingerprint density at radius 3 is 2.66 bits per heavy atom. The van der Waals surface area contributed by atoms with Crippen LogP contribution in [0.2, 0.25) is 0 Å². The molecule has 4 heterocycles. The number of carbonyl (C=O) groups is 1. The number of amides is 1. The van der Waals surface area contributed by atoms with Crippen LogP contribution in [0.15, 0.2) is 61.1 Å². The first kappa shape index (κ1) is 17.1. The molecule has 0 aliphatic heterocycles. The number of fused-ring (bicyclic) bond motifs is 2. The predicted octanol–water partition coefficient (Wildman–Crippen LogP) is 4.14. The third-order valence-corrected chi connectivity index (χ3v) is 5.05. The molecule has 0 unspecified atom stereocenters. The van der Waals surface area contributed by atoms with Crippen molar-refractivity contribution in [2.24, 2.45) is 0 Å². The highest BCUT2D eigenvalue weighted by Gasteiger charge is 2.15.